The quantitative estimate of drug-likeness (QED) is 0.790. The van der Waals surface area contributed by atoms with Gasteiger partial charge in [0, 0.05) is 11.9 Å². The first-order valence-corrected chi connectivity index (χ1v) is 6.65. The molecule has 0 aliphatic carbocycles. The van der Waals surface area contributed by atoms with E-state index in [0.717, 1.165) is 0 Å². The third kappa shape index (κ3) is 2.54. The molecule has 1 N–H and O–H groups in total. The van der Waals surface area contributed by atoms with Crippen LogP contribution in [-0.4, -0.2) is 16.5 Å². The zero-order valence-corrected chi connectivity index (χ0v) is 11.4. The van der Waals surface area contributed by atoms with Crippen LogP contribution in [0.15, 0.2) is 42.5 Å². The molecule has 0 fully saturated rings. The van der Waals surface area contributed by atoms with Crippen LogP contribution in [0.25, 0.3) is 22.3 Å². The van der Waals surface area contributed by atoms with E-state index in [4.69, 9.17) is 0 Å². The molecule has 1 aromatic heterocycles. The Bertz CT molecular complexity index is 803. The van der Waals surface area contributed by atoms with Crippen molar-refractivity contribution in [3.63, 3.8) is 0 Å². The van der Waals surface area contributed by atoms with Crippen molar-refractivity contribution >= 4 is 16.7 Å². The summed E-state index contributed by atoms with van der Waals surface area (Å²) in [5, 5.41) is 3.65. The van der Waals surface area contributed by atoms with Gasteiger partial charge in [0.05, 0.1) is 11.1 Å². The molecule has 0 spiro atoms. The number of benzene rings is 2. The molecule has 106 valence electrons. The topological polar surface area (TPSA) is 37.8 Å². The Morgan fingerprint density at radius 1 is 1.05 bits per heavy atom. The minimum absolute atomic E-state index is 0.281. The van der Waals surface area contributed by atoms with Crippen molar-refractivity contribution in [3.05, 3.63) is 54.1 Å². The molecule has 3 aromatic rings. The van der Waals surface area contributed by atoms with Gasteiger partial charge in [0.25, 0.3) is 0 Å². The second kappa shape index (κ2) is 5.44. The Balaban J connectivity index is 2.26. The summed E-state index contributed by atoms with van der Waals surface area (Å²) in [6.45, 7) is 2.54. The van der Waals surface area contributed by atoms with Crippen molar-refractivity contribution in [2.45, 2.75) is 6.92 Å². The van der Waals surface area contributed by atoms with Gasteiger partial charge in [-0.1, -0.05) is 12.1 Å². The van der Waals surface area contributed by atoms with Crippen LogP contribution in [-0.2, 0) is 0 Å². The third-order valence-corrected chi connectivity index (χ3v) is 3.12. The van der Waals surface area contributed by atoms with Crippen LogP contribution in [0.5, 0.6) is 0 Å². The molecular weight excluding hydrogens is 272 g/mol. The Morgan fingerprint density at radius 3 is 2.62 bits per heavy atom. The van der Waals surface area contributed by atoms with Gasteiger partial charge in [-0.05, 0) is 37.3 Å². The molecule has 0 bridgehead atoms. The first-order chi connectivity index (χ1) is 10.2. The lowest BCUT2D eigenvalue weighted by molar-refractivity contribution is 0.628. The zero-order valence-electron chi connectivity index (χ0n) is 11.4. The number of rotatable bonds is 3. The minimum atomic E-state index is -0.388. The molecule has 2 aromatic carbocycles. The van der Waals surface area contributed by atoms with Crippen LogP contribution in [0, 0.1) is 11.6 Å². The van der Waals surface area contributed by atoms with Gasteiger partial charge >= 0.3 is 0 Å². The summed E-state index contributed by atoms with van der Waals surface area (Å²) in [7, 11) is 0. The Kier molecular flexibility index (Phi) is 3.48. The number of nitrogens with zero attached hydrogens (tertiary/aromatic N) is 2. The highest BCUT2D eigenvalue weighted by atomic mass is 19.1. The number of aromatic nitrogens is 2. The Labute approximate surface area is 120 Å². The standard InChI is InChI=1S/C16H13F2N3/c1-2-19-15-12-9-10(17)7-8-14(12)20-16(21-15)11-5-3-4-6-13(11)18/h3-9H,2H2,1H3,(H,19,20,21). The Hall–Kier alpha value is -2.56. The molecule has 0 saturated heterocycles. The van der Waals surface area contributed by atoms with Crippen molar-refractivity contribution in [1.29, 1.82) is 0 Å². The molecule has 0 unspecified atom stereocenters. The van der Waals surface area contributed by atoms with Crippen LogP contribution in [0.1, 0.15) is 6.92 Å². The van der Waals surface area contributed by atoms with Crippen molar-refractivity contribution in [2.75, 3.05) is 11.9 Å². The van der Waals surface area contributed by atoms with E-state index in [1.54, 1.807) is 24.3 Å². The highest BCUT2D eigenvalue weighted by molar-refractivity contribution is 5.90. The number of hydrogen-bond donors (Lipinski definition) is 1. The van der Waals surface area contributed by atoms with Gasteiger partial charge in [0.15, 0.2) is 5.82 Å². The molecule has 0 aliphatic heterocycles. The fourth-order valence-electron chi connectivity index (χ4n) is 2.17. The average Bonchev–Trinajstić information content (AvgIpc) is 2.48. The smallest absolute Gasteiger partial charge is 0.165 e. The van der Waals surface area contributed by atoms with Gasteiger partial charge in [-0.25, -0.2) is 18.7 Å². The number of hydrogen-bond acceptors (Lipinski definition) is 3. The van der Waals surface area contributed by atoms with Crippen LogP contribution in [0.2, 0.25) is 0 Å². The van der Waals surface area contributed by atoms with Gasteiger partial charge < -0.3 is 5.32 Å². The van der Waals surface area contributed by atoms with E-state index in [1.165, 1.54) is 18.2 Å². The van der Waals surface area contributed by atoms with E-state index in [-0.39, 0.29) is 17.5 Å². The predicted molar refractivity (Wildman–Crippen MR) is 79.1 cm³/mol. The molecule has 0 radical (unpaired) electrons. The van der Waals surface area contributed by atoms with Gasteiger partial charge in [-0.3, -0.25) is 0 Å². The average molecular weight is 285 g/mol. The van der Waals surface area contributed by atoms with Crippen LogP contribution >= 0.6 is 0 Å². The maximum absolute atomic E-state index is 13.9. The molecule has 3 rings (SSSR count). The van der Waals surface area contributed by atoms with E-state index < -0.39 is 0 Å². The van der Waals surface area contributed by atoms with Crippen molar-refractivity contribution < 1.29 is 8.78 Å². The summed E-state index contributed by atoms with van der Waals surface area (Å²) in [5.74, 6) is 0.0358. The fourth-order valence-corrected chi connectivity index (χ4v) is 2.17. The van der Waals surface area contributed by atoms with E-state index >= 15 is 0 Å². The minimum Gasteiger partial charge on any atom is -0.370 e. The van der Waals surface area contributed by atoms with E-state index in [2.05, 4.69) is 15.3 Å². The third-order valence-electron chi connectivity index (χ3n) is 3.12. The highest BCUT2D eigenvalue weighted by Crippen LogP contribution is 2.26. The highest BCUT2D eigenvalue weighted by Gasteiger charge is 2.12. The summed E-state index contributed by atoms with van der Waals surface area (Å²) in [4.78, 5) is 8.67. The van der Waals surface area contributed by atoms with Gasteiger partial charge in [0.1, 0.15) is 17.5 Å². The lowest BCUT2D eigenvalue weighted by Crippen LogP contribution is -2.03. The molecule has 0 amide bonds. The largest absolute Gasteiger partial charge is 0.370 e. The lowest BCUT2D eigenvalue weighted by atomic mass is 10.1. The summed E-state index contributed by atoms with van der Waals surface area (Å²) >= 11 is 0. The number of anilines is 1. The van der Waals surface area contributed by atoms with Gasteiger partial charge in [0.2, 0.25) is 0 Å². The molecule has 0 saturated carbocycles. The predicted octanol–water partition coefficient (Wildman–Crippen LogP) is 4.01. The Morgan fingerprint density at radius 2 is 1.86 bits per heavy atom. The normalized spacial score (nSPS) is 10.8. The number of halogens is 2. The zero-order chi connectivity index (χ0) is 14.8. The van der Waals surface area contributed by atoms with E-state index in [0.29, 0.717) is 28.8 Å². The molecule has 21 heavy (non-hydrogen) atoms. The molecule has 3 nitrogen and oxygen atoms in total. The summed E-state index contributed by atoms with van der Waals surface area (Å²) in [6.07, 6.45) is 0. The molecule has 1 heterocycles. The van der Waals surface area contributed by atoms with Gasteiger partial charge in [-0.2, -0.15) is 0 Å². The first kappa shape index (κ1) is 13.4. The maximum atomic E-state index is 13.9. The van der Waals surface area contributed by atoms with Crippen molar-refractivity contribution in [1.82, 2.24) is 9.97 Å². The second-order valence-corrected chi connectivity index (χ2v) is 4.57. The number of fused-ring (bicyclic) bond motifs is 1. The fraction of sp³-hybridized carbons (Fsp3) is 0.125. The van der Waals surface area contributed by atoms with Crippen LogP contribution in [0.4, 0.5) is 14.6 Å². The molecule has 0 atom stereocenters. The monoisotopic (exact) mass is 285 g/mol. The second-order valence-electron chi connectivity index (χ2n) is 4.57. The summed E-state index contributed by atoms with van der Waals surface area (Å²) < 4.78 is 27.3. The molecule has 0 aliphatic rings. The van der Waals surface area contributed by atoms with Crippen LogP contribution < -0.4 is 5.32 Å². The first-order valence-electron chi connectivity index (χ1n) is 6.65. The molecule has 5 heteroatoms. The van der Waals surface area contributed by atoms with Crippen LogP contribution in [0.3, 0.4) is 0 Å². The van der Waals surface area contributed by atoms with Crippen molar-refractivity contribution in [2.24, 2.45) is 0 Å². The lowest BCUT2D eigenvalue weighted by Gasteiger charge is -2.10. The SMILES string of the molecule is CCNc1nc(-c2ccccc2F)nc2ccc(F)cc12. The summed E-state index contributed by atoms with van der Waals surface area (Å²) in [5.41, 5.74) is 0.892. The van der Waals surface area contributed by atoms with E-state index in [9.17, 15) is 8.78 Å². The molecular formula is C16H13F2N3. The summed E-state index contributed by atoms with van der Waals surface area (Å²) in [6, 6.07) is 10.6. The van der Waals surface area contributed by atoms with Gasteiger partial charge in [-0.15, -0.1) is 0 Å². The maximum Gasteiger partial charge on any atom is 0.165 e. The van der Waals surface area contributed by atoms with Crippen molar-refractivity contribution in [3.8, 4) is 11.4 Å². The number of nitrogens with one attached hydrogen (secondary N) is 1. The van der Waals surface area contributed by atoms with E-state index in [1.807, 2.05) is 6.92 Å².